The lowest BCUT2D eigenvalue weighted by molar-refractivity contribution is -0.145. The number of carboxylic acid groups (broad SMARTS) is 1. The highest BCUT2D eigenvalue weighted by Crippen LogP contribution is 2.45. The summed E-state index contributed by atoms with van der Waals surface area (Å²) in [6.45, 7) is 0.0861. The number of alkyl carbamates (subject to hydrolysis) is 1. The van der Waals surface area contributed by atoms with Crippen LogP contribution in [0.2, 0.25) is 0 Å². The van der Waals surface area contributed by atoms with Crippen LogP contribution in [0.5, 0.6) is 5.75 Å². The number of para-hydroxylation sites is 1. The normalized spacial score (nSPS) is 29.9. The Morgan fingerprint density at radius 1 is 1.11 bits per heavy atom. The van der Waals surface area contributed by atoms with Crippen molar-refractivity contribution in [1.29, 1.82) is 0 Å². The Labute approximate surface area is 276 Å². The van der Waals surface area contributed by atoms with Gasteiger partial charge in [0.2, 0.25) is 11.8 Å². The third-order valence-electron chi connectivity index (χ3n) is 9.79. The van der Waals surface area contributed by atoms with Crippen LogP contribution in [0.1, 0.15) is 70.6 Å². The lowest BCUT2D eigenvalue weighted by atomic mass is 10.0. The summed E-state index contributed by atoms with van der Waals surface area (Å²) in [5, 5.41) is 16.4. The zero-order chi connectivity index (χ0) is 33.1. The van der Waals surface area contributed by atoms with E-state index >= 15 is 0 Å². The number of aliphatic carboxylic acids is 1. The third-order valence-corrected chi connectivity index (χ3v) is 10.7. The number of pyridine rings is 1. The molecule has 3 N–H and O–H groups in total. The molecule has 4 aliphatic rings. The summed E-state index contributed by atoms with van der Waals surface area (Å²) in [4.78, 5) is 59.4. The number of ether oxygens (including phenoxy) is 2. The van der Waals surface area contributed by atoms with E-state index in [1.165, 1.54) is 4.90 Å². The second-order valence-corrected chi connectivity index (χ2v) is 14.4. The molecule has 1 unspecified atom stereocenters. The molecule has 47 heavy (non-hydrogen) atoms. The molecule has 0 bridgehead atoms. The molecular weight excluding hydrogens is 624 g/mol. The molecule has 0 radical (unpaired) electrons. The van der Waals surface area contributed by atoms with Gasteiger partial charge in [-0.1, -0.05) is 24.6 Å². The fourth-order valence-electron chi connectivity index (χ4n) is 7.14. The third kappa shape index (κ3) is 7.29. The number of hydrogen-bond acceptors (Lipinski definition) is 8. The van der Waals surface area contributed by atoms with E-state index in [0.717, 1.165) is 44.9 Å². The van der Waals surface area contributed by atoms with E-state index in [0.29, 0.717) is 28.0 Å². The Bertz CT molecular complexity index is 1590. The zero-order valence-electron chi connectivity index (χ0n) is 26.5. The van der Waals surface area contributed by atoms with E-state index in [9.17, 15) is 28.5 Å². The van der Waals surface area contributed by atoms with Crippen LogP contribution >= 0.6 is 0 Å². The Morgan fingerprint density at radius 3 is 2.66 bits per heavy atom. The van der Waals surface area contributed by atoms with Crippen LogP contribution in [0.15, 0.2) is 47.5 Å². The van der Waals surface area contributed by atoms with Gasteiger partial charge in [-0.05, 0) is 69.6 Å². The number of nitrogens with zero attached hydrogens (tertiary/aromatic N) is 2. The van der Waals surface area contributed by atoms with Gasteiger partial charge in [0.25, 0.3) is 0 Å². The van der Waals surface area contributed by atoms with Crippen molar-refractivity contribution in [2.24, 2.45) is 5.92 Å². The molecular formula is C34H42N4O8S. The van der Waals surface area contributed by atoms with Crippen molar-refractivity contribution < 1.29 is 38.0 Å². The number of hydrogen-bond donors (Lipinski definition) is 3. The Balaban J connectivity index is 1.25. The fourth-order valence-corrected chi connectivity index (χ4v) is 7.84. The SMILES string of the molecule is CS(=O)c1cccc2c(O[C@@H]3C[C@H]4C(=O)N[C@]5(C(=O)O)C[C@H]5/C=C\CCCC[C@H](NC(=O)OC5CCCC5)CC(=O)N4C3)ccnc12. The van der Waals surface area contributed by atoms with Crippen molar-refractivity contribution in [3.63, 3.8) is 0 Å². The Kier molecular flexibility index (Phi) is 9.81. The molecule has 6 rings (SSSR count). The van der Waals surface area contributed by atoms with Gasteiger partial charge in [0.15, 0.2) is 0 Å². The van der Waals surface area contributed by atoms with Crippen LogP contribution < -0.4 is 15.4 Å². The van der Waals surface area contributed by atoms with Crippen LogP contribution in [-0.2, 0) is 29.9 Å². The highest BCUT2D eigenvalue weighted by molar-refractivity contribution is 7.84. The molecule has 13 heteroatoms. The molecule has 3 fully saturated rings. The quantitative estimate of drug-likeness (QED) is 0.389. The lowest BCUT2D eigenvalue weighted by Crippen LogP contribution is -2.53. The first-order valence-electron chi connectivity index (χ1n) is 16.5. The van der Waals surface area contributed by atoms with Crippen LogP contribution in [0.4, 0.5) is 4.79 Å². The molecule has 252 valence electrons. The molecule has 3 heterocycles. The van der Waals surface area contributed by atoms with Gasteiger partial charge in [-0.25, -0.2) is 9.59 Å². The number of allylic oxidation sites excluding steroid dienone is 1. The van der Waals surface area contributed by atoms with Crippen LogP contribution in [-0.4, -0.2) is 85.7 Å². The van der Waals surface area contributed by atoms with E-state index in [2.05, 4.69) is 15.6 Å². The van der Waals surface area contributed by atoms with Gasteiger partial charge in [0.1, 0.15) is 29.5 Å². The van der Waals surface area contributed by atoms with Gasteiger partial charge in [-0.3, -0.25) is 18.8 Å². The number of rotatable bonds is 6. The van der Waals surface area contributed by atoms with E-state index in [4.69, 9.17) is 9.47 Å². The number of benzene rings is 1. The predicted octanol–water partition coefficient (Wildman–Crippen LogP) is 3.84. The van der Waals surface area contributed by atoms with Gasteiger partial charge < -0.3 is 30.1 Å². The van der Waals surface area contributed by atoms with Crippen molar-refractivity contribution >= 4 is 45.6 Å². The summed E-state index contributed by atoms with van der Waals surface area (Å²) < 4.78 is 24.4. The average molecular weight is 667 g/mol. The highest BCUT2D eigenvalue weighted by Gasteiger charge is 2.61. The minimum atomic E-state index is -1.41. The van der Waals surface area contributed by atoms with E-state index < -0.39 is 52.5 Å². The number of nitrogens with one attached hydrogen (secondary N) is 2. The monoisotopic (exact) mass is 666 g/mol. The second-order valence-electron chi connectivity index (χ2n) is 13.1. The van der Waals surface area contributed by atoms with Crippen molar-refractivity contribution in [3.8, 4) is 5.75 Å². The summed E-state index contributed by atoms with van der Waals surface area (Å²) in [5.74, 6) is -1.85. The van der Waals surface area contributed by atoms with E-state index in [1.807, 2.05) is 18.2 Å². The summed E-state index contributed by atoms with van der Waals surface area (Å²) in [6.07, 6.45) is 12.6. The summed E-state index contributed by atoms with van der Waals surface area (Å²) in [6, 6.07) is 5.57. The molecule has 12 nitrogen and oxygen atoms in total. The molecule has 1 saturated heterocycles. The Morgan fingerprint density at radius 2 is 1.89 bits per heavy atom. The van der Waals surface area contributed by atoms with Crippen molar-refractivity contribution in [2.75, 3.05) is 12.8 Å². The molecule has 6 atom stereocenters. The molecule has 0 spiro atoms. The minimum absolute atomic E-state index is 0.0390. The maximum atomic E-state index is 14.0. The van der Waals surface area contributed by atoms with E-state index in [-0.39, 0.29) is 43.7 Å². The standard InChI is InChI=1S/C34H42N4O8S/c1-47(44)28-14-8-13-25-27(15-16-35-30(25)28)45-24-18-26-31(40)37-34(32(41)42)19-21(34)9-4-2-3-5-10-22(17-29(39)38(26)20-24)36-33(43)46-23-11-6-7-12-23/h4,8-9,13-16,21-24,26H,2-3,5-7,10-12,17-20H2,1H3,(H,36,43)(H,37,40)(H,41,42)/b9-4-/t21-,22+,24-,26+,34-,47?/m1/s1. The number of amides is 3. The topological polar surface area (TPSA) is 164 Å². The molecule has 1 aromatic carbocycles. The van der Waals surface area contributed by atoms with Crippen molar-refractivity contribution in [1.82, 2.24) is 20.5 Å². The second kappa shape index (κ2) is 14.0. The predicted molar refractivity (Wildman–Crippen MR) is 173 cm³/mol. The molecule has 2 saturated carbocycles. The van der Waals surface area contributed by atoms with Gasteiger partial charge in [-0.15, -0.1) is 0 Å². The molecule has 2 aliphatic carbocycles. The van der Waals surface area contributed by atoms with E-state index in [1.54, 1.807) is 30.7 Å². The van der Waals surface area contributed by atoms with Crippen molar-refractivity contribution in [2.45, 2.75) is 105 Å². The number of carbonyl (C=O) groups excluding carboxylic acids is 3. The number of carbonyl (C=O) groups is 4. The number of aromatic nitrogens is 1. The summed E-state index contributed by atoms with van der Waals surface area (Å²) in [5.41, 5.74) is -0.870. The summed E-state index contributed by atoms with van der Waals surface area (Å²) >= 11 is 0. The molecule has 3 amide bonds. The average Bonchev–Trinajstić information content (AvgIpc) is 3.32. The molecule has 2 aliphatic heterocycles. The number of carboxylic acids is 1. The highest BCUT2D eigenvalue weighted by atomic mass is 32.2. The minimum Gasteiger partial charge on any atom is -0.488 e. The maximum absolute atomic E-state index is 14.0. The lowest BCUT2D eigenvalue weighted by Gasteiger charge is -2.27. The first kappa shape index (κ1) is 32.9. The van der Waals surface area contributed by atoms with Gasteiger partial charge >= 0.3 is 12.1 Å². The van der Waals surface area contributed by atoms with Crippen molar-refractivity contribution in [3.05, 3.63) is 42.6 Å². The molecule has 1 aromatic heterocycles. The maximum Gasteiger partial charge on any atom is 0.407 e. The van der Waals surface area contributed by atoms with Gasteiger partial charge in [0, 0.05) is 42.6 Å². The first-order chi connectivity index (χ1) is 22.6. The van der Waals surface area contributed by atoms with Gasteiger partial charge in [0.05, 0.1) is 27.8 Å². The number of fused-ring (bicyclic) bond motifs is 3. The fraction of sp³-hybridized carbons (Fsp3) is 0.559. The first-order valence-corrected chi connectivity index (χ1v) is 18.1. The van der Waals surface area contributed by atoms with Crippen LogP contribution in [0.3, 0.4) is 0 Å². The van der Waals surface area contributed by atoms with Crippen LogP contribution in [0.25, 0.3) is 10.9 Å². The zero-order valence-corrected chi connectivity index (χ0v) is 27.3. The largest absolute Gasteiger partial charge is 0.488 e. The smallest absolute Gasteiger partial charge is 0.407 e. The molecule has 2 aromatic rings. The van der Waals surface area contributed by atoms with Gasteiger partial charge in [-0.2, -0.15) is 0 Å². The Hall–Kier alpha value is -4.00. The summed E-state index contributed by atoms with van der Waals surface area (Å²) in [7, 11) is -1.28. The van der Waals surface area contributed by atoms with Crippen LogP contribution in [0, 0.1) is 5.92 Å².